The molecule has 0 aliphatic heterocycles. The number of nitrogens with zero attached hydrogens (tertiary/aromatic N) is 1. The SMILES string of the molecule is OC1CCCc2nc(-c3ccc(Cl)cc3F)sc21. The molecule has 1 aromatic carbocycles. The van der Waals surface area contributed by atoms with Crippen molar-refractivity contribution in [2.75, 3.05) is 0 Å². The van der Waals surface area contributed by atoms with Gasteiger partial charge in [0, 0.05) is 10.6 Å². The summed E-state index contributed by atoms with van der Waals surface area (Å²) >= 11 is 7.10. The zero-order valence-electron chi connectivity index (χ0n) is 9.49. The quantitative estimate of drug-likeness (QED) is 0.859. The Balaban J connectivity index is 2.07. The molecule has 94 valence electrons. The second kappa shape index (κ2) is 4.61. The predicted molar refractivity (Wildman–Crippen MR) is 70.4 cm³/mol. The summed E-state index contributed by atoms with van der Waals surface area (Å²) in [5, 5.41) is 10.9. The average molecular weight is 284 g/mol. The van der Waals surface area contributed by atoms with E-state index in [2.05, 4.69) is 4.98 Å². The Morgan fingerprint density at radius 1 is 1.44 bits per heavy atom. The minimum Gasteiger partial charge on any atom is -0.388 e. The van der Waals surface area contributed by atoms with Crippen molar-refractivity contribution in [3.8, 4) is 10.6 Å². The molecule has 18 heavy (non-hydrogen) atoms. The van der Waals surface area contributed by atoms with Crippen molar-refractivity contribution in [3.05, 3.63) is 39.6 Å². The number of hydrogen-bond donors (Lipinski definition) is 1. The van der Waals surface area contributed by atoms with Gasteiger partial charge in [0.05, 0.1) is 16.7 Å². The Labute approximate surface area is 113 Å². The molecule has 0 bridgehead atoms. The third kappa shape index (κ3) is 2.05. The van der Waals surface area contributed by atoms with Crippen LogP contribution in [-0.4, -0.2) is 10.1 Å². The maximum atomic E-state index is 13.8. The molecule has 1 aliphatic carbocycles. The third-order valence-corrected chi connectivity index (χ3v) is 4.55. The van der Waals surface area contributed by atoms with Crippen LogP contribution in [0.25, 0.3) is 10.6 Å². The van der Waals surface area contributed by atoms with Crippen LogP contribution in [0.15, 0.2) is 18.2 Å². The first-order valence-corrected chi connectivity index (χ1v) is 6.97. The summed E-state index contributed by atoms with van der Waals surface area (Å²) in [7, 11) is 0. The first-order chi connectivity index (χ1) is 8.65. The lowest BCUT2D eigenvalue weighted by Gasteiger charge is -2.14. The zero-order chi connectivity index (χ0) is 12.7. The molecule has 1 aliphatic rings. The zero-order valence-corrected chi connectivity index (χ0v) is 11.1. The molecule has 5 heteroatoms. The highest BCUT2D eigenvalue weighted by atomic mass is 35.5. The van der Waals surface area contributed by atoms with Gasteiger partial charge in [-0.2, -0.15) is 0 Å². The molecule has 0 saturated carbocycles. The van der Waals surface area contributed by atoms with Gasteiger partial charge in [-0.25, -0.2) is 9.37 Å². The van der Waals surface area contributed by atoms with Crippen molar-refractivity contribution in [2.24, 2.45) is 0 Å². The first kappa shape index (κ1) is 12.1. The van der Waals surface area contributed by atoms with E-state index in [4.69, 9.17) is 11.6 Å². The lowest BCUT2D eigenvalue weighted by Crippen LogP contribution is -2.06. The number of benzene rings is 1. The van der Waals surface area contributed by atoms with Crippen molar-refractivity contribution in [1.29, 1.82) is 0 Å². The van der Waals surface area contributed by atoms with Gasteiger partial charge in [-0.15, -0.1) is 11.3 Å². The summed E-state index contributed by atoms with van der Waals surface area (Å²) in [6, 6.07) is 4.57. The van der Waals surface area contributed by atoms with Crippen molar-refractivity contribution in [1.82, 2.24) is 4.98 Å². The first-order valence-electron chi connectivity index (χ1n) is 5.78. The Morgan fingerprint density at radius 3 is 3.00 bits per heavy atom. The van der Waals surface area contributed by atoms with Crippen molar-refractivity contribution >= 4 is 22.9 Å². The van der Waals surface area contributed by atoms with Gasteiger partial charge in [-0.05, 0) is 37.5 Å². The Bertz CT molecular complexity index is 599. The topological polar surface area (TPSA) is 33.1 Å². The molecule has 2 nitrogen and oxygen atoms in total. The van der Waals surface area contributed by atoms with Crippen molar-refractivity contribution in [2.45, 2.75) is 25.4 Å². The van der Waals surface area contributed by atoms with E-state index in [0.717, 1.165) is 29.8 Å². The molecule has 2 aromatic rings. The van der Waals surface area contributed by atoms with Gasteiger partial charge in [0.2, 0.25) is 0 Å². The van der Waals surface area contributed by atoms with Gasteiger partial charge < -0.3 is 5.11 Å². The van der Waals surface area contributed by atoms with Gasteiger partial charge in [0.25, 0.3) is 0 Å². The molecule has 0 spiro atoms. The molecule has 1 atom stereocenters. The Hall–Kier alpha value is -0.970. The van der Waals surface area contributed by atoms with E-state index < -0.39 is 6.10 Å². The van der Waals surface area contributed by atoms with Crippen LogP contribution in [0.3, 0.4) is 0 Å². The highest BCUT2D eigenvalue weighted by Crippen LogP contribution is 2.38. The van der Waals surface area contributed by atoms with Gasteiger partial charge in [-0.1, -0.05) is 11.6 Å². The summed E-state index contributed by atoms with van der Waals surface area (Å²) in [6.45, 7) is 0. The second-order valence-corrected chi connectivity index (χ2v) is 5.83. The van der Waals surface area contributed by atoms with E-state index in [9.17, 15) is 9.50 Å². The molecule has 0 fully saturated rings. The molecule has 1 N–H and O–H groups in total. The third-order valence-electron chi connectivity index (χ3n) is 3.08. The van der Waals surface area contributed by atoms with Crippen LogP contribution in [0.2, 0.25) is 5.02 Å². The van der Waals surface area contributed by atoms with E-state index in [1.54, 1.807) is 12.1 Å². The molecule has 0 amide bonds. The van der Waals surface area contributed by atoms with Gasteiger partial charge in [0.1, 0.15) is 10.8 Å². The number of aromatic nitrogens is 1. The summed E-state index contributed by atoms with van der Waals surface area (Å²) in [4.78, 5) is 5.32. The van der Waals surface area contributed by atoms with Gasteiger partial charge in [-0.3, -0.25) is 0 Å². The number of aliphatic hydroxyl groups excluding tert-OH is 1. The van der Waals surface area contributed by atoms with Crippen LogP contribution in [0.4, 0.5) is 4.39 Å². The maximum Gasteiger partial charge on any atom is 0.134 e. The Morgan fingerprint density at radius 2 is 2.28 bits per heavy atom. The molecule has 3 rings (SSSR count). The molecule has 0 saturated heterocycles. The molecule has 1 heterocycles. The number of halogens is 2. The fourth-order valence-electron chi connectivity index (χ4n) is 2.18. The van der Waals surface area contributed by atoms with E-state index in [1.807, 2.05) is 0 Å². The predicted octanol–water partition coefficient (Wildman–Crippen LogP) is 3.97. The minimum atomic E-state index is -0.449. The lowest BCUT2D eigenvalue weighted by atomic mass is 10.0. The number of hydrogen-bond acceptors (Lipinski definition) is 3. The van der Waals surface area contributed by atoms with Crippen LogP contribution in [0.5, 0.6) is 0 Å². The van der Waals surface area contributed by atoms with Crippen molar-refractivity contribution in [3.63, 3.8) is 0 Å². The highest BCUT2D eigenvalue weighted by molar-refractivity contribution is 7.15. The van der Waals surface area contributed by atoms with Crippen LogP contribution in [0.1, 0.15) is 29.5 Å². The lowest BCUT2D eigenvalue weighted by molar-refractivity contribution is 0.160. The fourth-order valence-corrected chi connectivity index (χ4v) is 3.49. The number of thiazole rings is 1. The molecular formula is C13H11ClFNOS. The standard InChI is InChI=1S/C13H11ClFNOS/c14-7-4-5-8(9(15)6-7)13-16-10-2-1-3-11(17)12(10)18-13/h4-6,11,17H,1-3H2. The average Bonchev–Trinajstić information content (AvgIpc) is 2.74. The van der Waals surface area contributed by atoms with Crippen LogP contribution in [0, 0.1) is 5.82 Å². The molecule has 0 radical (unpaired) electrons. The van der Waals surface area contributed by atoms with E-state index in [1.165, 1.54) is 17.4 Å². The summed E-state index contributed by atoms with van der Waals surface area (Å²) in [6.07, 6.45) is 2.10. The fraction of sp³-hybridized carbons (Fsp3) is 0.308. The normalized spacial score (nSPS) is 18.7. The summed E-state index contributed by atoms with van der Waals surface area (Å²) < 4.78 is 13.8. The number of aryl methyl sites for hydroxylation is 1. The maximum absolute atomic E-state index is 13.8. The monoisotopic (exact) mass is 283 g/mol. The van der Waals surface area contributed by atoms with E-state index >= 15 is 0 Å². The van der Waals surface area contributed by atoms with Gasteiger partial charge >= 0.3 is 0 Å². The van der Waals surface area contributed by atoms with Crippen LogP contribution in [-0.2, 0) is 6.42 Å². The Kier molecular flexibility index (Phi) is 3.09. The van der Waals surface area contributed by atoms with Crippen LogP contribution >= 0.6 is 22.9 Å². The van der Waals surface area contributed by atoms with Gasteiger partial charge in [0.15, 0.2) is 0 Å². The van der Waals surface area contributed by atoms with Crippen LogP contribution < -0.4 is 0 Å². The minimum absolute atomic E-state index is 0.372. The van der Waals surface area contributed by atoms with Crippen molar-refractivity contribution < 1.29 is 9.50 Å². The van der Waals surface area contributed by atoms with E-state index in [-0.39, 0.29) is 5.82 Å². The number of aliphatic hydroxyl groups is 1. The molecule has 1 aromatic heterocycles. The van der Waals surface area contributed by atoms with E-state index in [0.29, 0.717) is 15.6 Å². The smallest absolute Gasteiger partial charge is 0.134 e. The summed E-state index contributed by atoms with van der Waals surface area (Å²) in [5.74, 6) is -0.372. The number of rotatable bonds is 1. The molecular weight excluding hydrogens is 273 g/mol. The molecule has 1 unspecified atom stereocenters. The number of fused-ring (bicyclic) bond motifs is 1. The highest BCUT2D eigenvalue weighted by Gasteiger charge is 2.23. The largest absolute Gasteiger partial charge is 0.388 e. The second-order valence-electron chi connectivity index (χ2n) is 4.36. The summed E-state index contributed by atoms with van der Waals surface area (Å²) in [5.41, 5.74) is 1.36.